The van der Waals surface area contributed by atoms with E-state index < -0.39 is 0 Å². The molecule has 2 aliphatic heterocycles. The lowest BCUT2D eigenvalue weighted by atomic mass is 9.92. The van der Waals surface area contributed by atoms with Crippen molar-refractivity contribution in [3.63, 3.8) is 0 Å². The van der Waals surface area contributed by atoms with Gasteiger partial charge in [0.05, 0.1) is 23.2 Å². The first-order valence-corrected chi connectivity index (χ1v) is 9.44. The van der Waals surface area contributed by atoms with Gasteiger partial charge in [-0.3, -0.25) is 4.99 Å². The molecule has 4 heterocycles. The van der Waals surface area contributed by atoms with E-state index in [-0.39, 0.29) is 0 Å². The molecule has 3 heteroatoms. The fourth-order valence-electron chi connectivity index (χ4n) is 5.52. The average molecular weight is 330 g/mol. The maximum atomic E-state index is 5.62. The van der Waals surface area contributed by atoms with Gasteiger partial charge < -0.3 is 8.98 Å². The van der Waals surface area contributed by atoms with Crippen LogP contribution >= 0.6 is 0 Å². The van der Waals surface area contributed by atoms with Crippen LogP contribution < -0.4 is 0 Å². The summed E-state index contributed by atoms with van der Waals surface area (Å²) >= 11 is 0. The first-order valence-electron chi connectivity index (χ1n) is 9.44. The molecular weight excluding hydrogens is 308 g/mol. The Morgan fingerprint density at radius 2 is 2.12 bits per heavy atom. The minimum Gasteiger partial charge on any atom is -0.469 e. The Kier molecular flexibility index (Phi) is 2.60. The molecule has 2 unspecified atom stereocenters. The molecule has 0 saturated carbocycles. The maximum absolute atomic E-state index is 5.62. The molecule has 0 amide bonds. The molecule has 3 nitrogen and oxygen atoms in total. The van der Waals surface area contributed by atoms with Crippen LogP contribution in [-0.2, 0) is 13.0 Å². The van der Waals surface area contributed by atoms with Crippen molar-refractivity contribution in [2.45, 2.75) is 51.5 Å². The highest BCUT2D eigenvalue weighted by Gasteiger charge is 2.39. The quantitative estimate of drug-likeness (QED) is 0.626. The zero-order valence-electron chi connectivity index (χ0n) is 14.8. The highest BCUT2D eigenvalue weighted by Crippen LogP contribution is 2.47. The van der Waals surface area contributed by atoms with Gasteiger partial charge in [0.2, 0.25) is 0 Å². The minimum atomic E-state index is 0.519. The van der Waals surface area contributed by atoms with Gasteiger partial charge in [-0.05, 0) is 55.5 Å². The average Bonchev–Trinajstić information content (AvgIpc) is 3.32. The number of rotatable bonds is 1. The lowest BCUT2D eigenvalue weighted by Gasteiger charge is -2.17. The van der Waals surface area contributed by atoms with Crippen molar-refractivity contribution in [2.75, 3.05) is 6.54 Å². The summed E-state index contributed by atoms with van der Waals surface area (Å²) in [6, 6.07) is 6.99. The van der Waals surface area contributed by atoms with E-state index in [1.165, 1.54) is 45.4 Å². The third kappa shape index (κ3) is 1.74. The summed E-state index contributed by atoms with van der Waals surface area (Å²) in [6.07, 6.45) is 5.33. The Morgan fingerprint density at radius 1 is 1.20 bits per heavy atom. The van der Waals surface area contributed by atoms with E-state index in [9.17, 15) is 0 Å². The van der Waals surface area contributed by atoms with Gasteiger partial charge in [0.15, 0.2) is 0 Å². The number of aryl methyl sites for hydroxylation is 3. The second kappa shape index (κ2) is 4.66. The van der Waals surface area contributed by atoms with E-state index >= 15 is 0 Å². The van der Waals surface area contributed by atoms with Crippen LogP contribution in [0.2, 0.25) is 0 Å². The predicted octanol–water partition coefficient (Wildman–Crippen LogP) is 4.87. The minimum absolute atomic E-state index is 0.519. The van der Waals surface area contributed by atoms with Gasteiger partial charge in [0, 0.05) is 36.7 Å². The maximum Gasteiger partial charge on any atom is 0.104 e. The second-order valence-corrected chi connectivity index (χ2v) is 8.05. The smallest absolute Gasteiger partial charge is 0.104 e. The number of fused-ring (bicyclic) bond motifs is 7. The van der Waals surface area contributed by atoms with E-state index in [0.717, 1.165) is 31.7 Å². The van der Waals surface area contributed by atoms with Crippen LogP contribution in [0.25, 0.3) is 10.9 Å². The second-order valence-electron chi connectivity index (χ2n) is 8.05. The normalized spacial score (nSPS) is 23.8. The molecule has 3 aromatic rings. The van der Waals surface area contributed by atoms with Crippen molar-refractivity contribution in [1.29, 1.82) is 0 Å². The molecule has 0 radical (unpaired) electrons. The van der Waals surface area contributed by atoms with Crippen molar-refractivity contribution in [1.82, 2.24) is 4.57 Å². The summed E-state index contributed by atoms with van der Waals surface area (Å²) in [5, 5.41) is 1.50. The molecule has 0 saturated heterocycles. The number of aromatic nitrogens is 1. The van der Waals surface area contributed by atoms with Gasteiger partial charge in [-0.1, -0.05) is 11.6 Å². The summed E-state index contributed by atoms with van der Waals surface area (Å²) in [5.41, 5.74) is 10.2. The number of hydrogen-bond donors (Lipinski definition) is 0. The molecule has 0 N–H and O–H groups in total. The monoisotopic (exact) mass is 330 g/mol. The summed E-state index contributed by atoms with van der Waals surface area (Å²) in [7, 11) is 0. The Hall–Kier alpha value is -2.29. The Labute approximate surface area is 147 Å². The molecule has 126 valence electrons. The van der Waals surface area contributed by atoms with Crippen molar-refractivity contribution in [3.05, 3.63) is 58.2 Å². The van der Waals surface area contributed by atoms with E-state index in [2.05, 4.69) is 36.6 Å². The van der Waals surface area contributed by atoms with Gasteiger partial charge in [0.25, 0.3) is 0 Å². The van der Waals surface area contributed by atoms with E-state index in [1.54, 1.807) is 5.56 Å². The lowest BCUT2D eigenvalue weighted by Crippen LogP contribution is -2.13. The lowest BCUT2D eigenvalue weighted by molar-refractivity contribution is 0.502. The standard InChI is InChI=1S/C22H22N2O/c1-12-7-14-3-4-15(17-5-6-25-13(17)2)11-24-21(14)18(8-12)20-16-9-19(22(20)24)23-10-16/h5-8,15-16H,3-4,9-11H2,1-2H3. The molecule has 6 rings (SSSR count). The number of furan rings is 1. The highest BCUT2D eigenvalue weighted by molar-refractivity contribution is 6.12. The summed E-state index contributed by atoms with van der Waals surface area (Å²) < 4.78 is 8.23. The third-order valence-corrected chi connectivity index (χ3v) is 6.55. The molecule has 2 atom stereocenters. The van der Waals surface area contributed by atoms with Gasteiger partial charge in [-0.15, -0.1) is 0 Å². The predicted molar refractivity (Wildman–Crippen MR) is 99.9 cm³/mol. The molecule has 2 aromatic heterocycles. The zero-order chi connectivity index (χ0) is 16.7. The van der Waals surface area contributed by atoms with Crippen molar-refractivity contribution in [2.24, 2.45) is 4.99 Å². The number of aliphatic imine (C=N–C) groups is 1. The van der Waals surface area contributed by atoms with Crippen LogP contribution in [-0.4, -0.2) is 16.8 Å². The van der Waals surface area contributed by atoms with E-state index in [0.29, 0.717) is 11.8 Å². The van der Waals surface area contributed by atoms with Crippen molar-refractivity contribution in [3.8, 4) is 0 Å². The Morgan fingerprint density at radius 3 is 2.96 bits per heavy atom. The van der Waals surface area contributed by atoms with Gasteiger partial charge in [-0.2, -0.15) is 0 Å². The molecule has 1 aromatic carbocycles. The fourth-order valence-corrected chi connectivity index (χ4v) is 5.52. The van der Waals surface area contributed by atoms with Gasteiger partial charge >= 0.3 is 0 Å². The molecular formula is C22H22N2O. The Bertz CT molecular complexity index is 1070. The molecule has 2 bridgehead atoms. The number of hydrogen-bond acceptors (Lipinski definition) is 2. The summed E-state index contributed by atoms with van der Waals surface area (Å²) in [6.45, 7) is 6.38. The molecule has 0 fully saturated rings. The van der Waals surface area contributed by atoms with Gasteiger partial charge in [0.1, 0.15) is 5.76 Å². The van der Waals surface area contributed by atoms with Crippen LogP contribution in [0.5, 0.6) is 0 Å². The van der Waals surface area contributed by atoms with Crippen molar-refractivity contribution >= 4 is 16.6 Å². The topological polar surface area (TPSA) is 30.4 Å². The highest BCUT2D eigenvalue weighted by atomic mass is 16.3. The largest absolute Gasteiger partial charge is 0.469 e. The molecule has 3 aliphatic rings. The van der Waals surface area contributed by atoms with Crippen LogP contribution in [0.15, 0.2) is 33.9 Å². The molecule has 25 heavy (non-hydrogen) atoms. The van der Waals surface area contributed by atoms with Crippen LogP contribution in [0.1, 0.15) is 58.4 Å². The van der Waals surface area contributed by atoms with E-state index in [4.69, 9.17) is 9.41 Å². The summed E-state index contributed by atoms with van der Waals surface area (Å²) in [5.74, 6) is 2.22. The molecule has 1 aliphatic carbocycles. The van der Waals surface area contributed by atoms with Crippen molar-refractivity contribution < 1.29 is 4.42 Å². The first kappa shape index (κ1) is 13.9. The first-order chi connectivity index (χ1) is 12.2. The Balaban J connectivity index is 1.63. The van der Waals surface area contributed by atoms with Crippen LogP contribution in [0, 0.1) is 13.8 Å². The number of nitrogens with zero attached hydrogens (tertiary/aromatic N) is 2. The fraction of sp³-hybridized carbons (Fsp3) is 0.409. The van der Waals surface area contributed by atoms with Gasteiger partial charge in [-0.25, -0.2) is 0 Å². The van der Waals surface area contributed by atoms with Crippen LogP contribution in [0.3, 0.4) is 0 Å². The molecule has 0 spiro atoms. The van der Waals surface area contributed by atoms with E-state index in [1.807, 2.05) is 6.26 Å². The number of benzene rings is 1. The third-order valence-electron chi connectivity index (χ3n) is 6.55. The SMILES string of the molecule is Cc1cc2c3c(c1)c1c(n3CC(c3ccoc3C)CC2)C2=NCC1C2. The van der Waals surface area contributed by atoms with Crippen LogP contribution in [0.4, 0.5) is 0 Å². The summed E-state index contributed by atoms with van der Waals surface area (Å²) in [4.78, 5) is 4.84. The zero-order valence-corrected chi connectivity index (χ0v) is 14.8.